The lowest BCUT2D eigenvalue weighted by molar-refractivity contribution is -0.132. The molecule has 1 spiro atoms. The van der Waals surface area contributed by atoms with E-state index in [9.17, 15) is 4.79 Å². The minimum absolute atomic E-state index is 0.384. The Morgan fingerprint density at radius 2 is 2.18 bits per heavy atom. The zero-order valence-electron chi connectivity index (χ0n) is 10.7. The van der Waals surface area contributed by atoms with Gasteiger partial charge in [-0.05, 0) is 31.4 Å². The number of nitrogens with zero attached hydrogens (tertiary/aromatic N) is 1. The maximum absolute atomic E-state index is 11.9. The third kappa shape index (κ3) is 2.01. The second-order valence-electron chi connectivity index (χ2n) is 6.25. The van der Waals surface area contributed by atoms with Crippen molar-refractivity contribution in [1.29, 1.82) is 0 Å². The molecule has 0 aromatic heterocycles. The third-order valence-corrected chi connectivity index (χ3v) is 7.25. The van der Waals surface area contributed by atoms with Crippen molar-refractivity contribution in [3.8, 4) is 0 Å². The van der Waals surface area contributed by atoms with Gasteiger partial charge in [-0.25, -0.2) is 0 Å². The fraction of sp³-hybridized carbons (Fsp3) is 0.923. The van der Waals surface area contributed by atoms with E-state index in [0.717, 1.165) is 12.3 Å². The van der Waals surface area contributed by atoms with Gasteiger partial charge >= 0.3 is 0 Å². The van der Waals surface area contributed by atoms with Crippen LogP contribution in [-0.2, 0) is 4.79 Å². The fourth-order valence-electron chi connectivity index (χ4n) is 3.87. The van der Waals surface area contributed by atoms with E-state index in [1.165, 1.54) is 31.4 Å². The summed E-state index contributed by atoms with van der Waals surface area (Å²) in [5, 5.41) is 0.490. The number of amides is 1. The molecule has 3 heterocycles. The van der Waals surface area contributed by atoms with E-state index in [2.05, 4.69) is 30.5 Å². The zero-order chi connectivity index (χ0) is 12.1. The Labute approximate surface area is 112 Å². The molecule has 0 aliphatic carbocycles. The average Bonchev–Trinajstić information content (AvgIpc) is 2.61. The van der Waals surface area contributed by atoms with E-state index < -0.39 is 0 Å². The SMILES string of the molecule is CC1(C)C[C@@]2(CCCN3C(=O)CS[C@@H]32)CCS1. The molecule has 0 aromatic rings. The molecule has 0 N–H and O–H groups in total. The van der Waals surface area contributed by atoms with Gasteiger partial charge in [0.2, 0.25) is 5.91 Å². The van der Waals surface area contributed by atoms with Crippen molar-refractivity contribution < 1.29 is 4.79 Å². The fourth-order valence-corrected chi connectivity index (χ4v) is 6.86. The van der Waals surface area contributed by atoms with Crippen molar-refractivity contribution in [2.45, 2.75) is 49.7 Å². The number of rotatable bonds is 0. The summed E-state index contributed by atoms with van der Waals surface area (Å²) in [7, 11) is 0. The minimum atomic E-state index is 0.384. The number of carbonyl (C=O) groups excluding carboxylic acids is 1. The molecule has 17 heavy (non-hydrogen) atoms. The molecule has 0 bridgehead atoms. The highest BCUT2D eigenvalue weighted by Gasteiger charge is 2.53. The Morgan fingerprint density at radius 3 is 2.94 bits per heavy atom. The smallest absolute Gasteiger partial charge is 0.233 e. The summed E-state index contributed by atoms with van der Waals surface area (Å²) in [4.78, 5) is 14.1. The highest BCUT2D eigenvalue weighted by Crippen LogP contribution is 2.56. The van der Waals surface area contributed by atoms with Crippen molar-refractivity contribution in [2.75, 3.05) is 18.1 Å². The Hall–Kier alpha value is 0.170. The van der Waals surface area contributed by atoms with Gasteiger partial charge in [0.1, 0.15) is 0 Å². The molecule has 3 saturated heterocycles. The van der Waals surface area contributed by atoms with Gasteiger partial charge < -0.3 is 4.90 Å². The number of hydrogen-bond donors (Lipinski definition) is 0. The Morgan fingerprint density at radius 1 is 1.35 bits per heavy atom. The van der Waals surface area contributed by atoms with Crippen LogP contribution in [0.25, 0.3) is 0 Å². The quantitative estimate of drug-likeness (QED) is 0.675. The molecule has 3 rings (SSSR count). The Balaban J connectivity index is 1.88. The van der Waals surface area contributed by atoms with Crippen molar-refractivity contribution in [3.63, 3.8) is 0 Å². The van der Waals surface area contributed by atoms with E-state index in [4.69, 9.17) is 0 Å². The second-order valence-corrected chi connectivity index (χ2v) is 9.12. The first-order valence-electron chi connectivity index (χ1n) is 6.58. The van der Waals surface area contributed by atoms with Gasteiger partial charge in [0.15, 0.2) is 0 Å². The first-order valence-corrected chi connectivity index (χ1v) is 8.61. The first kappa shape index (κ1) is 12.2. The lowest BCUT2D eigenvalue weighted by atomic mass is 9.71. The summed E-state index contributed by atoms with van der Waals surface area (Å²) in [6.45, 7) is 5.75. The van der Waals surface area contributed by atoms with Crippen LogP contribution in [0.15, 0.2) is 0 Å². The summed E-state index contributed by atoms with van der Waals surface area (Å²) in [6, 6.07) is 0. The third-order valence-electron chi connectivity index (χ3n) is 4.44. The van der Waals surface area contributed by atoms with Crippen LogP contribution in [0.2, 0.25) is 0 Å². The molecule has 0 radical (unpaired) electrons. The van der Waals surface area contributed by atoms with Crippen LogP contribution in [0.5, 0.6) is 0 Å². The number of piperidine rings is 1. The van der Waals surface area contributed by atoms with E-state index in [0.29, 0.717) is 21.4 Å². The predicted octanol–water partition coefficient (Wildman–Crippen LogP) is 2.97. The number of thioether (sulfide) groups is 2. The normalized spacial score (nSPS) is 40.7. The van der Waals surface area contributed by atoms with E-state index >= 15 is 0 Å². The molecule has 0 aromatic carbocycles. The highest BCUT2D eigenvalue weighted by atomic mass is 32.2. The van der Waals surface area contributed by atoms with Crippen LogP contribution in [0.4, 0.5) is 0 Å². The molecule has 2 atom stereocenters. The largest absolute Gasteiger partial charge is 0.329 e. The number of fused-ring (bicyclic) bond motifs is 2. The van der Waals surface area contributed by atoms with Gasteiger partial charge in [-0.1, -0.05) is 13.8 Å². The topological polar surface area (TPSA) is 20.3 Å². The molecular weight excluding hydrogens is 250 g/mol. The molecule has 3 aliphatic rings. The lowest BCUT2D eigenvalue weighted by Crippen LogP contribution is -2.53. The zero-order valence-corrected chi connectivity index (χ0v) is 12.3. The standard InChI is InChI=1S/C13H21NOS2/c1-12(2)9-13(5-7-17-12)4-3-6-14-10(15)8-16-11(13)14/h11H,3-9H2,1-2H3/t11-,13-/m1/s1. The highest BCUT2D eigenvalue weighted by molar-refractivity contribution is 8.01. The molecule has 0 unspecified atom stereocenters. The van der Waals surface area contributed by atoms with Crippen molar-refractivity contribution in [2.24, 2.45) is 5.41 Å². The molecule has 4 heteroatoms. The maximum atomic E-state index is 11.9. The first-order chi connectivity index (χ1) is 8.03. The second kappa shape index (κ2) is 4.09. The van der Waals surface area contributed by atoms with E-state index in [-0.39, 0.29) is 0 Å². The van der Waals surface area contributed by atoms with Crippen LogP contribution in [0.3, 0.4) is 0 Å². The van der Waals surface area contributed by atoms with Crippen LogP contribution in [-0.4, -0.2) is 39.0 Å². The van der Waals surface area contributed by atoms with Gasteiger partial charge in [0, 0.05) is 16.7 Å². The van der Waals surface area contributed by atoms with Crippen LogP contribution >= 0.6 is 23.5 Å². The van der Waals surface area contributed by atoms with Gasteiger partial charge in [-0.15, -0.1) is 11.8 Å². The van der Waals surface area contributed by atoms with Crippen molar-refractivity contribution in [3.05, 3.63) is 0 Å². The summed E-state index contributed by atoms with van der Waals surface area (Å²) in [5.41, 5.74) is 0.420. The number of hydrogen-bond acceptors (Lipinski definition) is 3. The monoisotopic (exact) mass is 271 g/mol. The molecule has 2 nitrogen and oxygen atoms in total. The van der Waals surface area contributed by atoms with Crippen molar-refractivity contribution in [1.82, 2.24) is 4.90 Å². The predicted molar refractivity (Wildman–Crippen MR) is 75.4 cm³/mol. The molecule has 0 saturated carbocycles. The van der Waals surface area contributed by atoms with E-state index in [1.807, 2.05) is 11.8 Å². The summed E-state index contributed by atoms with van der Waals surface area (Å²) in [6.07, 6.45) is 5.14. The van der Waals surface area contributed by atoms with Gasteiger partial charge in [-0.3, -0.25) is 4.79 Å². The van der Waals surface area contributed by atoms with Crippen LogP contribution < -0.4 is 0 Å². The number of carbonyl (C=O) groups is 1. The summed E-state index contributed by atoms with van der Waals surface area (Å²) in [5.74, 6) is 2.38. The molecule has 3 aliphatic heterocycles. The minimum Gasteiger partial charge on any atom is -0.329 e. The molecule has 3 fully saturated rings. The molecule has 96 valence electrons. The lowest BCUT2D eigenvalue weighted by Gasteiger charge is -2.52. The summed E-state index contributed by atoms with van der Waals surface area (Å²) < 4.78 is 0.396. The Bertz CT molecular complexity index is 340. The maximum Gasteiger partial charge on any atom is 0.233 e. The molecule has 1 amide bonds. The molecular formula is C13H21NOS2. The van der Waals surface area contributed by atoms with Crippen LogP contribution in [0, 0.1) is 5.41 Å². The van der Waals surface area contributed by atoms with Crippen molar-refractivity contribution >= 4 is 29.4 Å². The van der Waals surface area contributed by atoms with Gasteiger partial charge in [0.05, 0.1) is 11.1 Å². The van der Waals surface area contributed by atoms with Gasteiger partial charge in [0.25, 0.3) is 0 Å². The summed E-state index contributed by atoms with van der Waals surface area (Å²) >= 11 is 4.02. The average molecular weight is 271 g/mol. The van der Waals surface area contributed by atoms with E-state index in [1.54, 1.807) is 0 Å². The Kier molecular flexibility index (Phi) is 2.94. The van der Waals surface area contributed by atoms with Crippen LogP contribution in [0.1, 0.15) is 39.5 Å². The van der Waals surface area contributed by atoms with Gasteiger partial charge in [-0.2, -0.15) is 11.8 Å².